The summed E-state index contributed by atoms with van der Waals surface area (Å²) < 4.78 is 5.43. The Balaban J connectivity index is 1.22. The molecule has 0 saturated carbocycles. The number of carbonyl (C=O) groups is 1. The molecular formula is C29H34ClN5O2. The van der Waals surface area contributed by atoms with E-state index < -0.39 is 0 Å². The number of halogens is 1. The lowest BCUT2D eigenvalue weighted by molar-refractivity contribution is 0.0903. The third kappa shape index (κ3) is 6.54. The zero-order valence-electron chi connectivity index (χ0n) is 21.3. The van der Waals surface area contributed by atoms with Gasteiger partial charge in [0.2, 0.25) is 5.95 Å². The number of fused-ring (bicyclic) bond motifs is 1. The minimum Gasteiger partial charge on any atom is -0.381 e. The SMILES string of the molecule is CN(CCN1CCc2ccccc2C1)Cc1ccc(-c2nc(NC3CCOCC3)ncc2Cl)cc1C=O. The Morgan fingerprint density at radius 1 is 1.19 bits per heavy atom. The van der Waals surface area contributed by atoms with E-state index in [4.69, 9.17) is 16.3 Å². The highest BCUT2D eigenvalue weighted by Gasteiger charge is 2.18. The maximum atomic E-state index is 12.0. The number of carbonyl (C=O) groups excluding carboxylic acids is 1. The lowest BCUT2D eigenvalue weighted by Crippen LogP contribution is -2.36. The smallest absolute Gasteiger partial charge is 0.223 e. The van der Waals surface area contributed by atoms with Crippen LogP contribution in [-0.2, 0) is 24.2 Å². The molecule has 0 amide bonds. The Morgan fingerprint density at radius 2 is 2.00 bits per heavy atom. The van der Waals surface area contributed by atoms with Crippen LogP contribution >= 0.6 is 11.6 Å². The summed E-state index contributed by atoms with van der Waals surface area (Å²) in [6.07, 6.45) is 5.49. The average Bonchev–Trinajstić information content (AvgIpc) is 2.93. The molecule has 0 spiro atoms. The van der Waals surface area contributed by atoms with E-state index in [0.29, 0.717) is 28.8 Å². The number of rotatable bonds is 9. The lowest BCUT2D eigenvalue weighted by atomic mass is 10.00. The van der Waals surface area contributed by atoms with Crippen molar-refractivity contribution in [1.29, 1.82) is 0 Å². The van der Waals surface area contributed by atoms with Gasteiger partial charge < -0.3 is 15.0 Å². The van der Waals surface area contributed by atoms with E-state index in [1.165, 1.54) is 11.1 Å². The minimum absolute atomic E-state index is 0.283. The summed E-state index contributed by atoms with van der Waals surface area (Å²) in [5.41, 5.74) is 5.99. The van der Waals surface area contributed by atoms with Crippen LogP contribution in [-0.4, -0.2) is 72.0 Å². The summed E-state index contributed by atoms with van der Waals surface area (Å²) in [7, 11) is 2.11. The van der Waals surface area contributed by atoms with E-state index in [1.807, 2.05) is 18.2 Å². The fourth-order valence-electron chi connectivity index (χ4n) is 5.09. The van der Waals surface area contributed by atoms with E-state index in [9.17, 15) is 4.79 Å². The molecule has 0 atom stereocenters. The third-order valence-electron chi connectivity index (χ3n) is 7.29. The molecule has 8 heteroatoms. The van der Waals surface area contributed by atoms with Gasteiger partial charge in [-0.15, -0.1) is 0 Å². The number of ether oxygens (including phenoxy) is 1. The van der Waals surface area contributed by atoms with E-state index in [0.717, 1.165) is 76.1 Å². The van der Waals surface area contributed by atoms with E-state index in [1.54, 1.807) is 6.20 Å². The van der Waals surface area contributed by atoms with Gasteiger partial charge in [0.25, 0.3) is 0 Å². The Bertz CT molecular complexity index is 1230. The van der Waals surface area contributed by atoms with Crippen molar-refractivity contribution in [1.82, 2.24) is 19.8 Å². The standard InChI is InChI=1S/C29H34ClN5O2/c1-34(12-13-35-11-8-21-4-2-3-5-23(21)19-35)18-24-7-6-22(16-25(24)20-36)28-27(30)17-31-29(33-28)32-26-9-14-37-15-10-26/h2-7,16-17,20,26H,8-15,18-19H2,1H3,(H,31,32,33). The van der Waals surface area contributed by atoms with Gasteiger partial charge in [-0.2, -0.15) is 0 Å². The second-order valence-corrected chi connectivity index (χ2v) is 10.4. The van der Waals surface area contributed by atoms with Crippen LogP contribution in [0.15, 0.2) is 48.7 Å². The summed E-state index contributed by atoms with van der Waals surface area (Å²) in [6, 6.07) is 14.9. The summed E-state index contributed by atoms with van der Waals surface area (Å²) in [5.74, 6) is 0.545. The number of anilines is 1. The molecular weight excluding hydrogens is 486 g/mol. The van der Waals surface area contributed by atoms with E-state index in [2.05, 4.69) is 56.4 Å². The number of hydrogen-bond donors (Lipinski definition) is 1. The summed E-state index contributed by atoms with van der Waals surface area (Å²) in [6.45, 7) is 6.20. The molecule has 0 bridgehead atoms. The molecule has 5 rings (SSSR count). The fraction of sp³-hybridized carbons (Fsp3) is 0.414. The highest BCUT2D eigenvalue weighted by Crippen LogP contribution is 2.28. The molecule has 0 aliphatic carbocycles. The second-order valence-electron chi connectivity index (χ2n) is 9.99. The van der Waals surface area contributed by atoms with E-state index >= 15 is 0 Å². The number of hydrogen-bond acceptors (Lipinski definition) is 7. The summed E-state index contributed by atoms with van der Waals surface area (Å²) in [5, 5.41) is 3.85. The van der Waals surface area contributed by atoms with Gasteiger partial charge in [-0.25, -0.2) is 9.97 Å². The molecule has 1 saturated heterocycles. The van der Waals surface area contributed by atoms with Crippen molar-refractivity contribution in [2.45, 2.75) is 38.4 Å². The first kappa shape index (κ1) is 25.8. The first-order chi connectivity index (χ1) is 18.1. The highest BCUT2D eigenvalue weighted by molar-refractivity contribution is 6.32. The van der Waals surface area contributed by atoms with Crippen molar-refractivity contribution in [2.75, 3.05) is 45.2 Å². The third-order valence-corrected chi connectivity index (χ3v) is 7.57. The molecule has 1 N–H and O–H groups in total. The Kier molecular flexibility index (Phi) is 8.46. The van der Waals surface area contributed by atoms with Crippen molar-refractivity contribution in [3.8, 4) is 11.3 Å². The van der Waals surface area contributed by atoms with Crippen LogP contribution in [0.1, 0.15) is 39.9 Å². The number of nitrogens with zero attached hydrogens (tertiary/aromatic N) is 4. The van der Waals surface area contributed by atoms with Crippen molar-refractivity contribution in [3.63, 3.8) is 0 Å². The quantitative estimate of drug-likeness (QED) is 0.411. The normalized spacial score (nSPS) is 16.5. The van der Waals surface area contributed by atoms with Crippen LogP contribution in [0.2, 0.25) is 5.02 Å². The molecule has 0 unspecified atom stereocenters. The molecule has 3 aromatic rings. The molecule has 7 nitrogen and oxygen atoms in total. The lowest BCUT2D eigenvalue weighted by Gasteiger charge is -2.30. The maximum absolute atomic E-state index is 12.0. The molecule has 2 aliphatic rings. The molecule has 37 heavy (non-hydrogen) atoms. The van der Waals surface area contributed by atoms with E-state index in [-0.39, 0.29) is 6.04 Å². The van der Waals surface area contributed by atoms with Gasteiger partial charge in [0.15, 0.2) is 0 Å². The number of aromatic nitrogens is 2. The number of likely N-dealkylation sites (N-methyl/N-ethyl adjacent to an activating group) is 1. The molecule has 2 aliphatic heterocycles. The van der Waals surface area contributed by atoms with Crippen molar-refractivity contribution < 1.29 is 9.53 Å². The molecule has 0 radical (unpaired) electrons. The topological polar surface area (TPSA) is 70.6 Å². The zero-order valence-corrected chi connectivity index (χ0v) is 22.1. The first-order valence-electron chi connectivity index (χ1n) is 13.0. The predicted octanol–water partition coefficient (Wildman–Crippen LogP) is 4.69. The Morgan fingerprint density at radius 3 is 2.81 bits per heavy atom. The van der Waals surface area contributed by atoms with Crippen molar-refractivity contribution in [3.05, 3.63) is 75.9 Å². The van der Waals surface area contributed by atoms with Gasteiger partial charge >= 0.3 is 0 Å². The number of aldehydes is 1. The number of benzene rings is 2. The number of nitrogens with one attached hydrogen (secondary N) is 1. The monoisotopic (exact) mass is 519 g/mol. The maximum Gasteiger partial charge on any atom is 0.223 e. The van der Waals surface area contributed by atoms with Gasteiger partial charge in [0.1, 0.15) is 6.29 Å². The van der Waals surface area contributed by atoms with Crippen molar-refractivity contribution >= 4 is 23.8 Å². The van der Waals surface area contributed by atoms with Crippen LogP contribution in [0.3, 0.4) is 0 Å². The van der Waals surface area contributed by atoms with Crippen molar-refractivity contribution in [2.24, 2.45) is 0 Å². The van der Waals surface area contributed by atoms with Crippen LogP contribution < -0.4 is 5.32 Å². The highest BCUT2D eigenvalue weighted by atomic mass is 35.5. The Hall–Kier alpha value is -2.84. The summed E-state index contributed by atoms with van der Waals surface area (Å²) in [4.78, 5) is 25.8. The van der Waals surface area contributed by atoms with Gasteiger partial charge in [0, 0.05) is 63.1 Å². The summed E-state index contributed by atoms with van der Waals surface area (Å²) >= 11 is 6.47. The van der Waals surface area contributed by atoms with Gasteiger partial charge in [-0.1, -0.05) is 48.0 Å². The van der Waals surface area contributed by atoms with Crippen LogP contribution in [0.5, 0.6) is 0 Å². The van der Waals surface area contributed by atoms with Crippen LogP contribution in [0.4, 0.5) is 5.95 Å². The molecule has 2 aromatic carbocycles. The van der Waals surface area contributed by atoms with Gasteiger partial charge in [-0.3, -0.25) is 9.69 Å². The molecule has 3 heterocycles. The minimum atomic E-state index is 0.283. The molecule has 194 valence electrons. The van der Waals surface area contributed by atoms with Gasteiger partial charge in [0.05, 0.1) is 16.9 Å². The average molecular weight is 520 g/mol. The largest absolute Gasteiger partial charge is 0.381 e. The first-order valence-corrected chi connectivity index (χ1v) is 13.4. The molecule has 1 aromatic heterocycles. The zero-order chi connectivity index (χ0) is 25.6. The van der Waals surface area contributed by atoms with Gasteiger partial charge in [-0.05, 0) is 49.1 Å². The second kappa shape index (κ2) is 12.1. The fourth-order valence-corrected chi connectivity index (χ4v) is 5.29. The van der Waals surface area contributed by atoms with Crippen LogP contribution in [0, 0.1) is 0 Å². The Labute approximate surface area is 223 Å². The van der Waals surface area contributed by atoms with Crippen LogP contribution in [0.25, 0.3) is 11.3 Å². The molecule has 1 fully saturated rings. The predicted molar refractivity (Wildman–Crippen MR) is 147 cm³/mol.